The summed E-state index contributed by atoms with van der Waals surface area (Å²) in [6, 6.07) is 4.44. The van der Waals surface area contributed by atoms with Gasteiger partial charge in [-0.25, -0.2) is 12.8 Å². The molecule has 0 heterocycles. The van der Waals surface area contributed by atoms with E-state index in [-0.39, 0.29) is 35.0 Å². The fraction of sp³-hybridized carbons (Fsp3) is 0.316. The molecule has 0 saturated heterocycles. The molecule has 0 atom stereocenters. The summed E-state index contributed by atoms with van der Waals surface area (Å²) in [6.45, 7) is 1.50. The minimum Gasteiger partial charge on any atom is -0.493 e. The van der Waals surface area contributed by atoms with Gasteiger partial charge in [0.15, 0.2) is 11.5 Å². The number of carbonyl (C=O) groups is 1. The van der Waals surface area contributed by atoms with E-state index in [9.17, 15) is 30.8 Å². The maximum absolute atomic E-state index is 13.5. The molecule has 31 heavy (non-hydrogen) atoms. The number of benzene rings is 2. The Morgan fingerprint density at radius 2 is 1.68 bits per heavy atom. The average molecular weight is 464 g/mol. The zero-order valence-corrected chi connectivity index (χ0v) is 17.8. The average Bonchev–Trinajstić information content (AvgIpc) is 2.67. The third kappa shape index (κ3) is 5.37. The fourth-order valence-electron chi connectivity index (χ4n) is 2.86. The standard InChI is InChI=1S/C19H20F4N2O5S/c1-5-25(31(4,27)28)15-10-17(30-3)16(29-2)9-12(15)18(26)24-11-6-7-14(20)13(8-11)19(21,22)23/h6-10H,5H2,1-4H3,(H,24,26). The molecule has 0 aliphatic rings. The van der Waals surface area contributed by atoms with Gasteiger partial charge in [0, 0.05) is 18.3 Å². The minimum atomic E-state index is -4.96. The highest BCUT2D eigenvalue weighted by Gasteiger charge is 2.34. The van der Waals surface area contributed by atoms with Gasteiger partial charge in [0.25, 0.3) is 5.91 Å². The Kier molecular flexibility index (Phi) is 7.04. The summed E-state index contributed by atoms with van der Waals surface area (Å²) < 4.78 is 88.0. The lowest BCUT2D eigenvalue weighted by Gasteiger charge is -2.24. The van der Waals surface area contributed by atoms with Crippen LogP contribution in [-0.2, 0) is 16.2 Å². The van der Waals surface area contributed by atoms with Crippen LogP contribution in [0.5, 0.6) is 11.5 Å². The second-order valence-corrected chi connectivity index (χ2v) is 8.21. The van der Waals surface area contributed by atoms with Crippen LogP contribution in [-0.4, -0.2) is 41.3 Å². The van der Waals surface area contributed by atoms with Crippen molar-refractivity contribution >= 4 is 27.3 Å². The van der Waals surface area contributed by atoms with E-state index in [1.54, 1.807) is 0 Å². The van der Waals surface area contributed by atoms with Gasteiger partial charge < -0.3 is 14.8 Å². The van der Waals surface area contributed by atoms with Crippen molar-refractivity contribution in [2.45, 2.75) is 13.1 Å². The molecule has 0 radical (unpaired) electrons. The van der Waals surface area contributed by atoms with Crippen molar-refractivity contribution in [2.24, 2.45) is 0 Å². The van der Waals surface area contributed by atoms with Crippen LogP contribution < -0.4 is 19.1 Å². The number of nitrogens with one attached hydrogen (secondary N) is 1. The lowest BCUT2D eigenvalue weighted by Crippen LogP contribution is -2.31. The Bertz CT molecular complexity index is 1090. The summed E-state index contributed by atoms with van der Waals surface area (Å²) >= 11 is 0. The first-order chi connectivity index (χ1) is 14.3. The summed E-state index contributed by atoms with van der Waals surface area (Å²) in [7, 11) is -1.21. The SMILES string of the molecule is CCN(c1cc(OC)c(OC)cc1C(=O)Nc1ccc(F)c(C(F)(F)F)c1)S(C)(=O)=O. The van der Waals surface area contributed by atoms with Crippen LogP contribution in [0.3, 0.4) is 0 Å². The predicted molar refractivity (Wildman–Crippen MR) is 107 cm³/mol. The number of methoxy groups -OCH3 is 2. The molecule has 0 saturated carbocycles. The molecule has 0 aliphatic heterocycles. The number of halogens is 4. The Balaban J connectivity index is 2.60. The highest BCUT2D eigenvalue weighted by Crippen LogP contribution is 2.37. The van der Waals surface area contributed by atoms with Gasteiger partial charge in [-0.2, -0.15) is 13.2 Å². The molecule has 2 aromatic rings. The monoisotopic (exact) mass is 464 g/mol. The van der Waals surface area contributed by atoms with Crippen molar-refractivity contribution in [1.82, 2.24) is 0 Å². The van der Waals surface area contributed by atoms with Crippen LogP contribution >= 0.6 is 0 Å². The fourth-order valence-corrected chi connectivity index (χ4v) is 3.84. The van der Waals surface area contributed by atoms with Crippen LogP contribution in [0, 0.1) is 5.82 Å². The summed E-state index contributed by atoms with van der Waals surface area (Å²) in [5.41, 5.74) is -2.16. The Morgan fingerprint density at radius 3 is 2.16 bits per heavy atom. The van der Waals surface area contributed by atoms with Gasteiger partial charge in [-0.15, -0.1) is 0 Å². The zero-order chi connectivity index (χ0) is 23.6. The highest BCUT2D eigenvalue weighted by molar-refractivity contribution is 7.92. The van der Waals surface area contributed by atoms with Gasteiger partial charge in [0.1, 0.15) is 5.82 Å². The summed E-state index contributed by atoms with van der Waals surface area (Å²) in [5, 5.41) is 2.23. The summed E-state index contributed by atoms with van der Waals surface area (Å²) in [4.78, 5) is 12.9. The van der Waals surface area contributed by atoms with Crippen LogP contribution in [0.15, 0.2) is 30.3 Å². The van der Waals surface area contributed by atoms with Crippen molar-refractivity contribution in [3.8, 4) is 11.5 Å². The van der Waals surface area contributed by atoms with Crippen molar-refractivity contribution in [3.05, 3.63) is 47.3 Å². The number of ether oxygens (including phenoxy) is 2. The van der Waals surface area contributed by atoms with Gasteiger partial charge in [-0.1, -0.05) is 0 Å². The molecule has 1 N–H and O–H groups in total. The van der Waals surface area contributed by atoms with E-state index >= 15 is 0 Å². The molecule has 7 nitrogen and oxygen atoms in total. The van der Waals surface area contributed by atoms with Gasteiger partial charge >= 0.3 is 6.18 Å². The van der Waals surface area contributed by atoms with Crippen molar-refractivity contribution in [1.29, 1.82) is 0 Å². The van der Waals surface area contributed by atoms with E-state index in [4.69, 9.17) is 9.47 Å². The number of carbonyl (C=O) groups excluding carboxylic acids is 1. The maximum atomic E-state index is 13.5. The number of hydrogen-bond donors (Lipinski definition) is 1. The molecule has 0 unspecified atom stereocenters. The number of hydrogen-bond acceptors (Lipinski definition) is 5. The van der Waals surface area contributed by atoms with Crippen LogP contribution in [0.25, 0.3) is 0 Å². The quantitative estimate of drug-likeness (QED) is 0.629. The second-order valence-electron chi connectivity index (χ2n) is 6.30. The zero-order valence-electron chi connectivity index (χ0n) is 17.0. The molecule has 0 spiro atoms. The number of amides is 1. The van der Waals surface area contributed by atoms with Gasteiger partial charge in [-0.05, 0) is 31.2 Å². The molecular weight excluding hydrogens is 444 g/mol. The Hall–Kier alpha value is -3.02. The predicted octanol–water partition coefficient (Wildman–Crippen LogP) is 3.90. The summed E-state index contributed by atoms with van der Waals surface area (Å²) in [5.74, 6) is -2.20. The molecule has 0 aliphatic carbocycles. The number of nitrogens with zero attached hydrogens (tertiary/aromatic N) is 1. The Labute approximate surface area is 176 Å². The minimum absolute atomic E-state index is 0.0383. The van der Waals surface area contributed by atoms with Crippen molar-refractivity contribution < 1.29 is 40.2 Å². The summed E-state index contributed by atoms with van der Waals surface area (Å²) in [6.07, 6.45) is -4.03. The number of alkyl halides is 3. The third-order valence-corrected chi connectivity index (χ3v) is 5.49. The molecule has 0 aromatic heterocycles. The molecule has 0 fully saturated rings. The van der Waals surface area contributed by atoms with Crippen molar-refractivity contribution in [2.75, 3.05) is 36.6 Å². The molecule has 12 heteroatoms. The molecular formula is C19H20F4N2O5S. The first kappa shape index (κ1) is 24.3. The Morgan fingerprint density at radius 1 is 1.10 bits per heavy atom. The maximum Gasteiger partial charge on any atom is 0.419 e. The van der Waals surface area contributed by atoms with E-state index in [0.29, 0.717) is 12.1 Å². The molecule has 170 valence electrons. The normalized spacial score (nSPS) is 11.7. The third-order valence-electron chi connectivity index (χ3n) is 4.23. The number of anilines is 2. The van der Waals surface area contributed by atoms with Crippen LogP contribution in [0.2, 0.25) is 0 Å². The van der Waals surface area contributed by atoms with Crippen molar-refractivity contribution in [3.63, 3.8) is 0 Å². The van der Waals surface area contributed by atoms with E-state index in [1.165, 1.54) is 33.3 Å². The molecule has 2 aromatic carbocycles. The van der Waals surface area contributed by atoms with E-state index < -0.39 is 33.5 Å². The van der Waals surface area contributed by atoms with E-state index in [1.807, 2.05) is 0 Å². The number of sulfonamides is 1. The lowest BCUT2D eigenvalue weighted by atomic mass is 10.1. The lowest BCUT2D eigenvalue weighted by molar-refractivity contribution is -0.139. The van der Waals surface area contributed by atoms with Crippen LogP contribution in [0.4, 0.5) is 28.9 Å². The number of rotatable bonds is 7. The molecule has 2 rings (SSSR count). The first-order valence-corrected chi connectivity index (χ1v) is 10.6. The van der Waals surface area contributed by atoms with Gasteiger partial charge in [0.05, 0.1) is 37.3 Å². The topological polar surface area (TPSA) is 84.9 Å². The smallest absolute Gasteiger partial charge is 0.419 e. The largest absolute Gasteiger partial charge is 0.493 e. The van der Waals surface area contributed by atoms with Crippen LogP contribution in [0.1, 0.15) is 22.8 Å². The van der Waals surface area contributed by atoms with Gasteiger partial charge in [0.2, 0.25) is 10.0 Å². The first-order valence-electron chi connectivity index (χ1n) is 8.75. The van der Waals surface area contributed by atoms with E-state index in [2.05, 4.69) is 5.32 Å². The molecule has 0 bridgehead atoms. The molecule has 1 amide bonds. The highest BCUT2D eigenvalue weighted by atomic mass is 32.2. The van der Waals surface area contributed by atoms with E-state index in [0.717, 1.165) is 16.6 Å². The van der Waals surface area contributed by atoms with Gasteiger partial charge in [-0.3, -0.25) is 9.10 Å². The second kappa shape index (κ2) is 9.00.